The minimum atomic E-state index is 0.544. The van der Waals surface area contributed by atoms with Gasteiger partial charge in [0, 0.05) is 24.3 Å². The Bertz CT molecular complexity index is 579. The number of rotatable bonds is 5. The molecule has 0 aromatic heterocycles. The molecule has 0 saturated carbocycles. The Morgan fingerprint density at radius 1 is 1.10 bits per heavy atom. The molecule has 0 amide bonds. The summed E-state index contributed by atoms with van der Waals surface area (Å²) in [5.41, 5.74) is 4.28. The van der Waals surface area contributed by atoms with Gasteiger partial charge in [-0.2, -0.15) is 0 Å². The number of hydrogen-bond acceptors (Lipinski definition) is 2. The van der Waals surface area contributed by atoms with Gasteiger partial charge in [0.1, 0.15) is 0 Å². The summed E-state index contributed by atoms with van der Waals surface area (Å²) in [6.07, 6.45) is 2.34. The number of hydrogen-bond donors (Lipinski definition) is 1. The fraction of sp³-hybridized carbons (Fsp3) is 0.368. The summed E-state index contributed by atoms with van der Waals surface area (Å²) < 4.78 is 0. The Morgan fingerprint density at radius 3 is 2.57 bits per heavy atom. The Kier molecular flexibility index (Phi) is 4.26. The number of nitrogens with zero attached hydrogens (tertiary/aromatic N) is 1. The molecule has 0 aliphatic carbocycles. The van der Waals surface area contributed by atoms with Crippen LogP contribution in [0.25, 0.3) is 0 Å². The fourth-order valence-corrected chi connectivity index (χ4v) is 3.26. The molecule has 2 heteroatoms. The van der Waals surface area contributed by atoms with Crippen molar-refractivity contribution in [1.29, 1.82) is 0 Å². The lowest BCUT2D eigenvalue weighted by molar-refractivity contribution is 0.477. The van der Waals surface area contributed by atoms with Gasteiger partial charge in [0.05, 0.1) is 0 Å². The lowest BCUT2D eigenvalue weighted by Gasteiger charge is -2.29. The summed E-state index contributed by atoms with van der Waals surface area (Å²) in [6.45, 7) is 3.27. The van der Waals surface area contributed by atoms with Crippen molar-refractivity contribution in [2.75, 3.05) is 11.9 Å². The second kappa shape index (κ2) is 6.31. The van der Waals surface area contributed by atoms with E-state index >= 15 is 0 Å². The zero-order valence-corrected chi connectivity index (χ0v) is 12.9. The molecule has 2 atom stereocenters. The molecule has 0 radical (unpaired) electrons. The minimum Gasteiger partial charge on any atom is -0.364 e. The van der Waals surface area contributed by atoms with Crippen LogP contribution in [0.5, 0.6) is 0 Å². The van der Waals surface area contributed by atoms with Gasteiger partial charge in [-0.1, -0.05) is 48.5 Å². The van der Waals surface area contributed by atoms with Crippen molar-refractivity contribution in [3.63, 3.8) is 0 Å². The Hall–Kier alpha value is -1.80. The lowest BCUT2D eigenvalue weighted by atomic mass is 10.0. The van der Waals surface area contributed by atoms with Gasteiger partial charge >= 0.3 is 0 Å². The molecule has 0 spiro atoms. The molecule has 110 valence electrons. The SMILES string of the molecule is CNC(C)CC1Cc2ccccc2N1Cc1ccccc1. The van der Waals surface area contributed by atoms with Gasteiger partial charge in [0.2, 0.25) is 0 Å². The third kappa shape index (κ3) is 3.11. The number of para-hydroxylation sites is 1. The highest BCUT2D eigenvalue weighted by molar-refractivity contribution is 5.59. The monoisotopic (exact) mass is 280 g/mol. The Morgan fingerprint density at radius 2 is 1.81 bits per heavy atom. The van der Waals surface area contributed by atoms with Crippen LogP contribution in [0.1, 0.15) is 24.5 Å². The van der Waals surface area contributed by atoms with E-state index in [1.165, 1.54) is 23.2 Å². The van der Waals surface area contributed by atoms with Crippen LogP contribution < -0.4 is 10.2 Å². The quantitative estimate of drug-likeness (QED) is 0.900. The van der Waals surface area contributed by atoms with Gasteiger partial charge in [-0.25, -0.2) is 0 Å². The summed E-state index contributed by atoms with van der Waals surface area (Å²) in [5.74, 6) is 0. The molecule has 0 fully saturated rings. The summed E-state index contributed by atoms with van der Waals surface area (Å²) in [6, 6.07) is 20.8. The highest BCUT2D eigenvalue weighted by Crippen LogP contribution is 2.35. The Labute approximate surface area is 127 Å². The Balaban J connectivity index is 1.84. The average molecular weight is 280 g/mol. The smallest absolute Gasteiger partial charge is 0.0432 e. The van der Waals surface area contributed by atoms with Crippen molar-refractivity contribution in [3.8, 4) is 0 Å². The molecular weight excluding hydrogens is 256 g/mol. The van der Waals surface area contributed by atoms with E-state index in [0.29, 0.717) is 12.1 Å². The first kappa shape index (κ1) is 14.2. The van der Waals surface area contributed by atoms with Crippen molar-refractivity contribution >= 4 is 5.69 Å². The molecule has 2 unspecified atom stereocenters. The number of anilines is 1. The summed E-state index contributed by atoms with van der Waals surface area (Å²) in [5, 5.41) is 3.38. The third-order valence-electron chi connectivity index (χ3n) is 4.51. The second-order valence-electron chi connectivity index (χ2n) is 6.03. The molecule has 1 aliphatic heterocycles. The van der Waals surface area contributed by atoms with Crippen molar-refractivity contribution < 1.29 is 0 Å². The van der Waals surface area contributed by atoms with Crippen LogP contribution in [0.15, 0.2) is 54.6 Å². The van der Waals surface area contributed by atoms with Crippen molar-refractivity contribution in [3.05, 3.63) is 65.7 Å². The maximum Gasteiger partial charge on any atom is 0.0432 e. The van der Waals surface area contributed by atoms with Gasteiger partial charge in [0.15, 0.2) is 0 Å². The van der Waals surface area contributed by atoms with Gasteiger partial charge in [-0.15, -0.1) is 0 Å². The van der Waals surface area contributed by atoms with Gasteiger partial charge < -0.3 is 10.2 Å². The normalized spacial score (nSPS) is 18.6. The molecule has 2 aromatic carbocycles. The topological polar surface area (TPSA) is 15.3 Å². The van der Waals surface area contributed by atoms with Crippen LogP contribution in [0.3, 0.4) is 0 Å². The van der Waals surface area contributed by atoms with E-state index in [2.05, 4.69) is 71.7 Å². The van der Waals surface area contributed by atoms with Crippen LogP contribution in [-0.2, 0) is 13.0 Å². The number of fused-ring (bicyclic) bond motifs is 1. The molecule has 1 aliphatic rings. The van der Waals surface area contributed by atoms with Crippen molar-refractivity contribution in [2.24, 2.45) is 0 Å². The maximum absolute atomic E-state index is 3.38. The molecular formula is C19H24N2. The molecule has 0 bridgehead atoms. The highest BCUT2D eigenvalue weighted by Gasteiger charge is 2.29. The largest absolute Gasteiger partial charge is 0.364 e. The third-order valence-corrected chi connectivity index (χ3v) is 4.51. The van der Waals surface area contributed by atoms with Gasteiger partial charge in [-0.05, 0) is 44.0 Å². The van der Waals surface area contributed by atoms with Crippen LogP contribution in [0.4, 0.5) is 5.69 Å². The summed E-state index contributed by atoms with van der Waals surface area (Å²) >= 11 is 0. The van der Waals surface area contributed by atoms with Crippen LogP contribution >= 0.6 is 0 Å². The van der Waals surface area contributed by atoms with Crippen LogP contribution in [0.2, 0.25) is 0 Å². The zero-order valence-electron chi connectivity index (χ0n) is 12.9. The molecule has 0 saturated heterocycles. The van der Waals surface area contributed by atoms with E-state index in [-0.39, 0.29) is 0 Å². The average Bonchev–Trinajstić information content (AvgIpc) is 2.86. The van der Waals surface area contributed by atoms with E-state index in [0.717, 1.165) is 13.0 Å². The molecule has 1 heterocycles. The van der Waals surface area contributed by atoms with E-state index in [4.69, 9.17) is 0 Å². The van der Waals surface area contributed by atoms with E-state index < -0.39 is 0 Å². The fourth-order valence-electron chi connectivity index (χ4n) is 3.26. The molecule has 3 rings (SSSR count). The highest BCUT2D eigenvalue weighted by atomic mass is 15.2. The van der Waals surface area contributed by atoms with Crippen LogP contribution in [-0.4, -0.2) is 19.1 Å². The first-order valence-electron chi connectivity index (χ1n) is 7.83. The number of nitrogens with one attached hydrogen (secondary N) is 1. The molecule has 1 N–H and O–H groups in total. The predicted molar refractivity (Wildman–Crippen MR) is 89.7 cm³/mol. The van der Waals surface area contributed by atoms with E-state index in [9.17, 15) is 0 Å². The summed E-state index contributed by atoms with van der Waals surface area (Å²) in [4.78, 5) is 2.58. The number of benzene rings is 2. The lowest BCUT2D eigenvalue weighted by Crippen LogP contribution is -2.37. The van der Waals surface area contributed by atoms with E-state index in [1.54, 1.807) is 0 Å². The molecule has 21 heavy (non-hydrogen) atoms. The van der Waals surface area contributed by atoms with Crippen LogP contribution in [0, 0.1) is 0 Å². The minimum absolute atomic E-state index is 0.544. The van der Waals surface area contributed by atoms with Gasteiger partial charge in [0.25, 0.3) is 0 Å². The predicted octanol–water partition coefficient (Wildman–Crippen LogP) is 3.62. The maximum atomic E-state index is 3.38. The zero-order chi connectivity index (χ0) is 14.7. The van der Waals surface area contributed by atoms with Crippen molar-refractivity contribution in [1.82, 2.24) is 5.32 Å². The summed E-state index contributed by atoms with van der Waals surface area (Å²) in [7, 11) is 2.05. The van der Waals surface area contributed by atoms with E-state index in [1.807, 2.05) is 7.05 Å². The first-order valence-corrected chi connectivity index (χ1v) is 7.83. The molecule has 2 aromatic rings. The second-order valence-corrected chi connectivity index (χ2v) is 6.03. The molecule has 2 nitrogen and oxygen atoms in total. The standard InChI is InChI=1S/C19H24N2/c1-15(20-2)12-18-13-17-10-6-7-11-19(17)21(18)14-16-8-4-3-5-9-16/h3-11,15,18,20H,12-14H2,1-2H3. The van der Waals surface area contributed by atoms with Gasteiger partial charge in [-0.3, -0.25) is 0 Å². The first-order chi connectivity index (χ1) is 10.3. The van der Waals surface area contributed by atoms with Crippen molar-refractivity contribution in [2.45, 2.75) is 38.4 Å².